The van der Waals surface area contributed by atoms with E-state index in [1.54, 1.807) is 12.1 Å². The van der Waals surface area contributed by atoms with Gasteiger partial charge in [-0.3, -0.25) is 11.3 Å². The predicted octanol–water partition coefficient (Wildman–Crippen LogP) is 3.36. The molecular formula is C17H21FN2O. The number of nitrogens with one attached hydrogen (secondary N) is 1. The summed E-state index contributed by atoms with van der Waals surface area (Å²) in [6, 6.07) is 14.3. The minimum Gasteiger partial charge on any atom is -0.494 e. The maximum atomic E-state index is 12.9. The van der Waals surface area contributed by atoms with Gasteiger partial charge in [-0.1, -0.05) is 31.2 Å². The van der Waals surface area contributed by atoms with E-state index in [0.29, 0.717) is 13.0 Å². The van der Waals surface area contributed by atoms with Crippen LogP contribution in [0.2, 0.25) is 0 Å². The van der Waals surface area contributed by atoms with Crippen LogP contribution >= 0.6 is 0 Å². The van der Waals surface area contributed by atoms with Gasteiger partial charge in [0.25, 0.3) is 0 Å². The third kappa shape index (κ3) is 4.55. The number of benzene rings is 2. The number of rotatable bonds is 7. The standard InChI is InChI=1S/C17H21FN2O/c1-2-11-21-16-9-5-14(6-10-16)17(20-19)12-13-3-7-15(18)8-4-13/h3-10,17,20H,2,11-12,19H2,1H3. The highest BCUT2D eigenvalue weighted by Crippen LogP contribution is 2.21. The van der Waals surface area contributed by atoms with Gasteiger partial charge in [-0.2, -0.15) is 0 Å². The molecule has 0 aromatic heterocycles. The number of nitrogens with two attached hydrogens (primary N) is 1. The quantitative estimate of drug-likeness (QED) is 0.606. The van der Waals surface area contributed by atoms with Gasteiger partial charge >= 0.3 is 0 Å². The van der Waals surface area contributed by atoms with Gasteiger partial charge < -0.3 is 4.74 Å². The molecule has 0 fully saturated rings. The van der Waals surface area contributed by atoms with Crippen molar-refractivity contribution in [3.8, 4) is 5.75 Å². The average molecular weight is 288 g/mol. The van der Waals surface area contributed by atoms with E-state index in [0.717, 1.165) is 23.3 Å². The number of hydrogen-bond acceptors (Lipinski definition) is 3. The molecule has 4 heteroatoms. The molecule has 2 aromatic carbocycles. The molecule has 0 amide bonds. The Labute approximate surface area is 124 Å². The van der Waals surface area contributed by atoms with Crippen molar-refractivity contribution < 1.29 is 9.13 Å². The SMILES string of the molecule is CCCOc1ccc(C(Cc2ccc(F)cc2)NN)cc1. The third-order valence-electron chi connectivity index (χ3n) is 3.31. The van der Waals surface area contributed by atoms with Crippen LogP contribution in [0.5, 0.6) is 5.75 Å². The lowest BCUT2D eigenvalue weighted by Crippen LogP contribution is -2.29. The maximum absolute atomic E-state index is 12.9. The Balaban J connectivity index is 2.04. The zero-order chi connectivity index (χ0) is 15.1. The van der Waals surface area contributed by atoms with E-state index in [9.17, 15) is 4.39 Å². The molecule has 0 spiro atoms. The van der Waals surface area contributed by atoms with Crippen LogP contribution in [-0.2, 0) is 6.42 Å². The fourth-order valence-electron chi connectivity index (χ4n) is 2.15. The van der Waals surface area contributed by atoms with E-state index < -0.39 is 0 Å². The summed E-state index contributed by atoms with van der Waals surface area (Å²) in [5.41, 5.74) is 4.92. The Hall–Kier alpha value is -1.91. The van der Waals surface area contributed by atoms with E-state index in [1.807, 2.05) is 24.3 Å². The van der Waals surface area contributed by atoms with Crippen LogP contribution in [0.1, 0.15) is 30.5 Å². The molecule has 0 aliphatic carbocycles. The molecule has 112 valence electrons. The van der Waals surface area contributed by atoms with Crippen molar-refractivity contribution in [1.82, 2.24) is 5.43 Å². The lowest BCUT2D eigenvalue weighted by Gasteiger charge is -2.17. The van der Waals surface area contributed by atoms with Crippen molar-refractivity contribution >= 4 is 0 Å². The molecule has 2 rings (SSSR count). The zero-order valence-electron chi connectivity index (χ0n) is 12.2. The molecule has 0 heterocycles. The van der Waals surface area contributed by atoms with Crippen molar-refractivity contribution in [2.24, 2.45) is 5.84 Å². The molecule has 0 aliphatic heterocycles. The first-order chi connectivity index (χ1) is 10.2. The first kappa shape index (κ1) is 15.5. The van der Waals surface area contributed by atoms with Gasteiger partial charge in [-0.25, -0.2) is 4.39 Å². The van der Waals surface area contributed by atoms with Gasteiger partial charge in [-0.15, -0.1) is 0 Å². The van der Waals surface area contributed by atoms with Crippen LogP contribution < -0.4 is 16.0 Å². The van der Waals surface area contributed by atoms with Crippen molar-refractivity contribution in [2.45, 2.75) is 25.8 Å². The van der Waals surface area contributed by atoms with E-state index >= 15 is 0 Å². The topological polar surface area (TPSA) is 47.3 Å². The smallest absolute Gasteiger partial charge is 0.123 e. The molecule has 21 heavy (non-hydrogen) atoms. The van der Waals surface area contributed by atoms with Gasteiger partial charge in [-0.05, 0) is 48.2 Å². The van der Waals surface area contributed by atoms with Gasteiger partial charge in [0.2, 0.25) is 0 Å². The molecule has 1 unspecified atom stereocenters. The first-order valence-electron chi connectivity index (χ1n) is 7.16. The minimum absolute atomic E-state index is 0.0179. The van der Waals surface area contributed by atoms with Crippen LogP contribution in [0.25, 0.3) is 0 Å². The van der Waals surface area contributed by atoms with Crippen LogP contribution in [0.3, 0.4) is 0 Å². The number of ether oxygens (including phenoxy) is 1. The van der Waals surface area contributed by atoms with Gasteiger partial charge in [0.1, 0.15) is 11.6 Å². The highest BCUT2D eigenvalue weighted by molar-refractivity contribution is 5.30. The average Bonchev–Trinajstić information content (AvgIpc) is 2.53. The summed E-state index contributed by atoms with van der Waals surface area (Å²) >= 11 is 0. The number of hydrazine groups is 1. The van der Waals surface area contributed by atoms with Crippen LogP contribution in [0.15, 0.2) is 48.5 Å². The lowest BCUT2D eigenvalue weighted by molar-refractivity contribution is 0.317. The Morgan fingerprint density at radius 1 is 1.10 bits per heavy atom. The number of hydrogen-bond donors (Lipinski definition) is 2. The van der Waals surface area contributed by atoms with Gasteiger partial charge in [0.05, 0.1) is 6.61 Å². The monoisotopic (exact) mass is 288 g/mol. The largest absolute Gasteiger partial charge is 0.494 e. The Morgan fingerprint density at radius 3 is 2.33 bits per heavy atom. The molecule has 0 bridgehead atoms. The molecule has 3 nitrogen and oxygen atoms in total. The maximum Gasteiger partial charge on any atom is 0.123 e. The number of halogens is 1. The van der Waals surface area contributed by atoms with E-state index in [2.05, 4.69) is 12.3 Å². The molecule has 1 atom stereocenters. The second-order valence-electron chi connectivity index (χ2n) is 4.97. The predicted molar refractivity (Wildman–Crippen MR) is 82.4 cm³/mol. The second kappa shape index (κ2) is 7.76. The van der Waals surface area contributed by atoms with Crippen LogP contribution in [0.4, 0.5) is 4.39 Å². The van der Waals surface area contributed by atoms with Gasteiger partial charge in [0.15, 0.2) is 0 Å². The molecule has 0 saturated heterocycles. The normalized spacial score (nSPS) is 12.1. The summed E-state index contributed by atoms with van der Waals surface area (Å²) in [5, 5.41) is 0. The van der Waals surface area contributed by atoms with Gasteiger partial charge in [0, 0.05) is 6.04 Å². The highest BCUT2D eigenvalue weighted by atomic mass is 19.1. The lowest BCUT2D eigenvalue weighted by atomic mass is 9.99. The first-order valence-corrected chi connectivity index (χ1v) is 7.16. The molecule has 3 N–H and O–H groups in total. The molecule has 0 radical (unpaired) electrons. The summed E-state index contributed by atoms with van der Waals surface area (Å²) in [7, 11) is 0. The Bertz CT molecular complexity index is 540. The van der Waals surface area contributed by atoms with E-state index in [-0.39, 0.29) is 11.9 Å². The molecule has 0 aliphatic rings. The summed E-state index contributed by atoms with van der Waals surface area (Å²) in [4.78, 5) is 0. The van der Waals surface area contributed by atoms with Crippen molar-refractivity contribution in [2.75, 3.05) is 6.61 Å². The van der Waals surface area contributed by atoms with Crippen molar-refractivity contribution in [1.29, 1.82) is 0 Å². The van der Waals surface area contributed by atoms with Crippen molar-refractivity contribution in [3.05, 3.63) is 65.5 Å². The zero-order valence-corrected chi connectivity index (χ0v) is 12.2. The minimum atomic E-state index is -0.228. The van der Waals surface area contributed by atoms with E-state index in [4.69, 9.17) is 10.6 Å². The second-order valence-corrected chi connectivity index (χ2v) is 4.97. The molecule has 2 aromatic rings. The van der Waals surface area contributed by atoms with Crippen LogP contribution in [0, 0.1) is 5.82 Å². The fourth-order valence-corrected chi connectivity index (χ4v) is 2.15. The highest BCUT2D eigenvalue weighted by Gasteiger charge is 2.10. The Morgan fingerprint density at radius 2 is 1.76 bits per heavy atom. The Kier molecular flexibility index (Phi) is 5.72. The third-order valence-corrected chi connectivity index (χ3v) is 3.31. The van der Waals surface area contributed by atoms with E-state index in [1.165, 1.54) is 12.1 Å². The molecule has 0 saturated carbocycles. The van der Waals surface area contributed by atoms with Crippen molar-refractivity contribution in [3.63, 3.8) is 0 Å². The van der Waals surface area contributed by atoms with Crippen LogP contribution in [-0.4, -0.2) is 6.61 Å². The summed E-state index contributed by atoms with van der Waals surface area (Å²) < 4.78 is 18.5. The summed E-state index contributed by atoms with van der Waals surface area (Å²) in [5.74, 6) is 6.28. The summed E-state index contributed by atoms with van der Waals surface area (Å²) in [6.07, 6.45) is 1.69. The molecular weight excluding hydrogens is 267 g/mol. The fraction of sp³-hybridized carbons (Fsp3) is 0.294. The summed E-state index contributed by atoms with van der Waals surface area (Å²) in [6.45, 7) is 2.79.